The lowest BCUT2D eigenvalue weighted by molar-refractivity contribution is -0.132. The quantitative estimate of drug-likeness (QED) is 0.750. The minimum Gasteiger partial charge on any atom is -0.450 e. The molecule has 10 nitrogen and oxygen atoms in total. The van der Waals surface area contributed by atoms with Crippen LogP contribution in [0, 0.1) is 5.92 Å². The molecule has 0 aliphatic carbocycles. The van der Waals surface area contributed by atoms with Crippen LogP contribution in [0.5, 0.6) is 0 Å². The lowest BCUT2D eigenvalue weighted by atomic mass is 10.1. The summed E-state index contributed by atoms with van der Waals surface area (Å²) in [5, 5.41) is 4.76. The highest BCUT2D eigenvalue weighted by atomic mass is 32.1. The second-order valence-electron chi connectivity index (χ2n) is 6.38. The average Bonchev–Trinajstić information content (AvgIpc) is 3.15. The van der Waals surface area contributed by atoms with Crippen molar-refractivity contribution in [3.8, 4) is 0 Å². The zero-order chi connectivity index (χ0) is 20.8. The fourth-order valence-corrected chi connectivity index (χ4v) is 3.55. The molecule has 3 heterocycles. The molecular formula is C18H21N5O5S. The van der Waals surface area contributed by atoms with Gasteiger partial charge in [-0.25, -0.2) is 14.8 Å². The van der Waals surface area contributed by atoms with E-state index in [-0.39, 0.29) is 24.3 Å². The molecule has 154 valence electrons. The van der Waals surface area contributed by atoms with Gasteiger partial charge in [0.15, 0.2) is 5.13 Å². The Morgan fingerprint density at radius 2 is 1.97 bits per heavy atom. The number of hydrogen-bond acceptors (Lipinski definition) is 7. The van der Waals surface area contributed by atoms with E-state index in [2.05, 4.69) is 15.3 Å². The molecule has 1 atom stereocenters. The van der Waals surface area contributed by atoms with Gasteiger partial charge in [-0.05, 0) is 6.92 Å². The van der Waals surface area contributed by atoms with Gasteiger partial charge >= 0.3 is 6.09 Å². The SMILES string of the molecule is CCOC(=O)N1CCN(C(=O)Cc2csc(NC(=O)C3C=CC(=O)N=C3)n2)CC1. The number of aliphatic imine (C=N–C) groups is 1. The number of aromatic nitrogens is 1. The molecule has 3 rings (SSSR count). The summed E-state index contributed by atoms with van der Waals surface area (Å²) in [5.74, 6) is -1.46. The van der Waals surface area contributed by atoms with Gasteiger partial charge in [0.05, 0.1) is 24.6 Å². The van der Waals surface area contributed by atoms with Gasteiger partial charge in [-0.2, -0.15) is 0 Å². The number of carbonyl (C=O) groups is 4. The fraction of sp³-hybridized carbons (Fsp3) is 0.444. The summed E-state index contributed by atoms with van der Waals surface area (Å²) in [4.78, 5) is 58.5. The van der Waals surface area contributed by atoms with Crippen molar-refractivity contribution in [1.82, 2.24) is 14.8 Å². The molecule has 1 saturated heterocycles. The summed E-state index contributed by atoms with van der Waals surface area (Å²) in [6.07, 6.45) is 3.76. The van der Waals surface area contributed by atoms with Gasteiger partial charge in [0, 0.05) is 43.8 Å². The minimum atomic E-state index is -0.627. The summed E-state index contributed by atoms with van der Waals surface area (Å²) >= 11 is 1.22. The molecule has 1 aromatic heterocycles. The largest absolute Gasteiger partial charge is 0.450 e. The molecule has 1 unspecified atom stereocenters. The van der Waals surface area contributed by atoms with Crippen molar-refractivity contribution >= 4 is 46.5 Å². The molecule has 0 saturated carbocycles. The van der Waals surface area contributed by atoms with Crippen LogP contribution < -0.4 is 5.32 Å². The van der Waals surface area contributed by atoms with E-state index in [0.717, 1.165) is 0 Å². The maximum Gasteiger partial charge on any atom is 0.409 e. The summed E-state index contributed by atoms with van der Waals surface area (Å²) in [6, 6.07) is 0. The number of rotatable bonds is 5. The second-order valence-corrected chi connectivity index (χ2v) is 7.24. The van der Waals surface area contributed by atoms with Crippen LogP contribution in [0.3, 0.4) is 0 Å². The number of ether oxygens (including phenoxy) is 1. The van der Waals surface area contributed by atoms with E-state index in [1.165, 1.54) is 29.7 Å². The van der Waals surface area contributed by atoms with Crippen LogP contribution in [0.25, 0.3) is 0 Å². The number of nitrogens with one attached hydrogen (secondary N) is 1. The number of dihydropyridines is 1. The molecule has 0 aromatic carbocycles. The number of carbonyl (C=O) groups excluding carboxylic acids is 4. The Balaban J connectivity index is 1.47. The van der Waals surface area contributed by atoms with Crippen LogP contribution in [-0.2, 0) is 25.5 Å². The fourth-order valence-electron chi connectivity index (χ4n) is 2.84. The van der Waals surface area contributed by atoms with Crippen LogP contribution in [0.15, 0.2) is 22.5 Å². The predicted octanol–water partition coefficient (Wildman–Crippen LogP) is 0.708. The Morgan fingerprint density at radius 3 is 2.62 bits per heavy atom. The van der Waals surface area contributed by atoms with E-state index < -0.39 is 11.8 Å². The normalized spacial score (nSPS) is 18.7. The third kappa shape index (κ3) is 5.47. The van der Waals surface area contributed by atoms with Crippen LogP contribution in [0.1, 0.15) is 12.6 Å². The smallest absolute Gasteiger partial charge is 0.409 e. The molecule has 0 radical (unpaired) electrons. The molecular weight excluding hydrogens is 398 g/mol. The third-order valence-corrected chi connectivity index (χ3v) is 5.19. The summed E-state index contributed by atoms with van der Waals surface area (Å²) < 4.78 is 4.97. The zero-order valence-electron chi connectivity index (χ0n) is 15.9. The van der Waals surface area contributed by atoms with E-state index in [1.54, 1.807) is 22.1 Å². The average molecular weight is 419 g/mol. The van der Waals surface area contributed by atoms with Gasteiger partial charge in [-0.15, -0.1) is 11.3 Å². The van der Waals surface area contributed by atoms with Gasteiger partial charge < -0.3 is 19.9 Å². The maximum absolute atomic E-state index is 12.5. The molecule has 1 fully saturated rings. The zero-order valence-corrected chi connectivity index (χ0v) is 16.7. The number of amides is 4. The van der Waals surface area contributed by atoms with Gasteiger partial charge in [-0.3, -0.25) is 14.4 Å². The number of hydrogen-bond donors (Lipinski definition) is 1. The lowest BCUT2D eigenvalue weighted by Crippen LogP contribution is -2.51. The Bertz CT molecular complexity index is 841. The van der Waals surface area contributed by atoms with Crippen LogP contribution in [0.4, 0.5) is 9.93 Å². The molecule has 0 spiro atoms. The minimum absolute atomic E-state index is 0.0856. The van der Waals surface area contributed by atoms with Crippen LogP contribution in [0.2, 0.25) is 0 Å². The lowest BCUT2D eigenvalue weighted by Gasteiger charge is -2.34. The highest BCUT2D eigenvalue weighted by Crippen LogP contribution is 2.18. The van der Waals surface area contributed by atoms with E-state index in [0.29, 0.717) is 43.6 Å². The van der Waals surface area contributed by atoms with Gasteiger partial charge in [-0.1, -0.05) is 6.08 Å². The Kier molecular flexibility index (Phi) is 6.70. The monoisotopic (exact) mass is 419 g/mol. The molecule has 11 heteroatoms. The molecule has 29 heavy (non-hydrogen) atoms. The number of nitrogens with zero attached hydrogens (tertiary/aromatic N) is 4. The van der Waals surface area contributed by atoms with Crippen molar-refractivity contribution in [2.75, 3.05) is 38.1 Å². The van der Waals surface area contributed by atoms with Crippen LogP contribution in [-0.4, -0.2) is 77.6 Å². The molecule has 1 N–H and O–H groups in total. The van der Waals surface area contributed by atoms with Gasteiger partial charge in [0.25, 0.3) is 5.91 Å². The molecule has 2 aliphatic rings. The van der Waals surface area contributed by atoms with E-state index in [9.17, 15) is 19.2 Å². The second kappa shape index (κ2) is 9.41. The molecule has 2 aliphatic heterocycles. The standard InChI is InChI=1S/C18H21N5O5S/c1-2-28-18(27)23-7-5-22(6-8-23)15(25)9-13-11-29-17(20-13)21-16(26)12-3-4-14(24)19-10-12/h3-4,10-12H,2,5-9H2,1H3,(H,20,21,26). The van der Waals surface area contributed by atoms with Crippen molar-refractivity contribution in [3.05, 3.63) is 23.2 Å². The first-order valence-corrected chi connectivity index (χ1v) is 10.1. The van der Waals surface area contributed by atoms with Crippen molar-refractivity contribution < 1.29 is 23.9 Å². The Morgan fingerprint density at radius 1 is 1.24 bits per heavy atom. The Hall–Kier alpha value is -3.08. The number of thiazole rings is 1. The molecule has 4 amide bonds. The third-order valence-electron chi connectivity index (χ3n) is 4.38. The van der Waals surface area contributed by atoms with Crippen molar-refractivity contribution in [2.24, 2.45) is 10.9 Å². The predicted molar refractivity (Wildman–Crippen MR) is 106 cm³/mol. The van der Waals surface area contributed by atoms with E-state index in [1.807, 2.05) is 0 Å². The topological polar surface area (TPSA) is 121 Å². The van der Waals surface area contributed by atoms with Crippen molar-refractivity contribution in [3.63, 3.8) is 0 Å². The molecule has 0 bridgehead atoms. The highest BCUT2D eigenvalue weighted by molar-refractivity contribution is 7.13. The van der Waals surface area contributed by atoms with E-state index >= 15 is 0 Å². The van der Waals surface area contributed by atoms with Crippen molar-refractivity contribution in [1.29, 1.82) is 0 Å². The summed E-state index contributed by atoms with van der Waals surface area (Å²) in [5.41, 5.74) is 0.561. The first-order chi connectivity index (χ1) is 14.0. The summed E-state index contributed by atoms with van der Waals surface area (Å²) in [6.45, 7) is 3.82. The first-order valence-electron chi connectivity index (χ1n) is 9.17. The van der Waals surface area contributed by atoms with Crippen molar-refractivity contribution in [2.45, 2.75) is 13.3 Å². The van der Waals surface area contributed by atoms with Crippen LogP contribution >= 0.6 is 11.3 Å². The summed E-state index contributed by atoms with van der Waals surface area (Å²) in [7, 11) is 0. The van der Waals surface area contributed by atoms with E-state index in [4.69, 9.17) is 4.74 Å². The highest BCUT2D eigenvalue weighted by Gasteiger charge is 2.25. The van der Waals surface area contributed by atoms with Gasteiger partial charge in [0.1, 0.15) is 0 Å². The number of anilines is 1. The first kappa shape index (κ1) is 20.6. The Labute approximate surface area is 171 Å². The van der Waals surface area contributed by atoms with Gasteiger partial charge in [0.2, 0.25) is 11.8 Å². The number of piperazine rings is 1. The molecule has 1 aromatic rings. The maximum atomic E-state index is 12.5.